The monoisotopic (exact) mass is 409 g/mol. The first kappa shape index (κ1) is 21.0. The number of aryl methyl sites for hydroxylation is 2. The lowest BCUT2D eigenvalue weighted by atomic mass is 9.85. The lowest BCUT2D eigenvalue weighted by molar-refractivity contribution is -0.134. The molecule has 0 unspecified atom stereocenters. The van der Waals surface area contributed by atoms with Crippen molar-refractivity contribution in [2.24, 2.45) is 13.0 Å². The summed E-state index contributed by atoms with van der Waals surface area (Å²) in [6.45, 7) is 2.71. The second-order valence-electron chi connectivity index (χ2n) is 7.13. The van der Waals surface area contributed by atoms with E-state index in [4.69, 9.17) is 10.2 Å². The lowest BCUT2D eigenvalue weighted by Gasteiger charge is -2.23. The molecule has 0 amide bonds. The summed E-state index contributed by atoms with van der Waals surface area (Å²) < 4.78 is 4.26. The Morgan fingerprint density at radius 1 is 1.20 bits per heavy atom. The maximum atomic E-state index is 13.0. The average molecular weight is 409 g/mol. The predicted molar refractivity (Wildman–Crippen MR) is 110 cm³/mol. The van der Waals surface area contributed by atoms with Crippen LogP contribution in [0.5, 0.6) is 0 Å². The molecule has 0 radical (unpaired) electrons. The Hall–Kier alpha value is -3.68. The Bertz CT molecular complexity index is 1120. The number of aliphatic carboxylic acids is 2. The minimum absolute atomic E-state index is 0.0474. The van der Waals surface area contributed by atoms with Gasteiger partial charge in [0.2, 0.25) is 0 Å². The van der Waals surface area contributed by atoms with Gasteiger partial charge in [-0.05, 0) is 25.8 Å². The molecular weight excluding hydrogens is 386 g/mol. The van der Waals surface area contributed by atoms with Crippen LogP contribution < -0.4 is 0 Å². The van der Waals surface area contributed by atoms with Crippen molar-refractivity contribution in [3.63, 3.8) is 0 Å². The average Bonchev–Trinajstić information content (AvgIpc) is 3.24. The molecule has 1 atom stereocenters. The number of carbonyl (C=O) groups is 3. The van der Waals surface area contributed by atoms with E-state index in [0.29, 0.717) is 12.2 Å². The van der Waals surface area contributed by atoms with Crippen molar-refractivity contribution in [1.29, 1.82) is 0 Å². The van der Waals surface area contributed by atoms with Gasteiger partial charge in [0.15, 0.2) is 5.78 Å². The number of imidazole rings is 1. The summed E-state index contributed by atoms with van der Waals surface area (Å²) in [4.78, 5) is 36.4. The molecule has 2 aromatic heterocycles. The van der Waals surface area contributed by atoms with Gasteiger partial charge in [-0.15, -0.1) is 0 Å². The Kier molecular flexibility index (Phi) is 6.15. The second kappa shape index (κ2) is 8.77. The molecule has 156 valence electrons. The summed E-state index contributed by atoms with van der Waals surface area (Å²) in [5.74, 6) is -1.21. The van der Waals surface area contributed by atoms with Crippen molar-refractivity contribution in [3.8, 4) is 0 Å². The highest BCUT2D eigenvalue weighted by Gasteiger charge is 2.32. The molecule has 2 N–H and O–H groups in total. The highest BCUT2D eigenvalue weighted by molar-refractivity contribution is 6.11. The van der Waals surface area contributed by atoms with E-state index in [0.717, 1.165) is 41.7 Å². The van der Waals surface area contributed by atoms with Crippen molar-refractivity contribution in [2.75, 3.05) is 0 Å². The van der Waals surface area contributed by atoms with Crippen LogP contribution in [0.15, 0.2) is 48.8 Å². The molecule has 3 aromatic rings. The fourth-order valence-electron chi connectivity index (χ4n) is 3.81. The number of hydrogen-bond donors (Lipinski definition) is 2. The Labute approximate surface area is 173 Å². The first-order valence-electron chi connectivity index (χ1n) is 9.51. The minimum atomic E-state index is -1.26. The molecule has 0 fully saturated rings. The Morgan fingerprint density at radius 2 is 1.87 bits per heavy atom. The van der Waals surface area contributed by atoms with Crippen LogP contribution in [0.3, 0.4) is 0 Å². The van der Waals surface area contributed by atoms with Gasteiger partial charge in [-0.3, -0.25) is 4.79 Å². The number of fused-ring (bicyclic) bond motifs is 3. The zero-order chi connectivity index (χ0) is 21.8. The summed E-state index contributed by atoms with van der Waals surface area (Å²) in [6.07, 6.45) is 6.75. The number of nitrogens with zero attached hydrogens (tertiary/aromatic N) is 3. The number of benzene rings is 1. The maximum absolute atomic E-state index is 13.0. The van der Waals surface area contributed by atoms with E-state index in [1.807, 2.05) is 25.3 Å². The van der Waals surface area contributed by atoms with Gasteiger partial charge >= 0.3 is 11.9 Å². The van der Waals surface area contributed by atoms with E-state index in [2.05, 4.69) is 33.3 Å². The van der Waals surface area contributed by atoms with E-state index in [-0.39, 0.29) is 11.7 Å². The third-order valence-corrected chi connectivity index (χ3v) is 5.28. The molecule has 0 saturated carbocycles. The van der Waals surface area contributed by atoms with E-state index in [1.54, 1.807) is 6.20 Å². The quantitative estimate of drug-likeness (QED) is 0.641. The second-order valence-corrected chi connectivity index (χ2v) is 7.13. The molecule has 0 spiro atoms. The van der Waals surface area contributed by atoms with Gasteiger partial charge in [-0.1, -0.05) is 18.2 Å². The summed E-state index contributed by atoms with van der Waals surface area (Å²) in [6, 6.07) is 8.21. The Balaban J connectivity index is 0.000000275. The van der Waals surface area contributed by atoms with Crippen molar-refractivity contribution in [3.05, 3.63) is 65.9 Å². The van der Waals surface area contributed by atoms with Gasteiger partial charge in [0.25, 0.3) is 0 Å². The number of para-hydroxylation sites is 1. The summed E-state index contributed by atoms with van der Waals surface area (Å²) >= 11 is 0. The molecule has 1 aromatic carbocycles. The molecule has 8 nitrogen and oxygen atoms in total. The summed E-state index contributed by atoms with van der Waals surface area (Å²) in [5, 5.41) is 16.7. The predicted octanol–water partition coefficient (Wildman–Crippen LogP) is 2.84. The fourth-order valence-corrected chi connectivity index (χ4v) is 3.81. The largest absolute Gasteiger partial charge is 0.478 e. The van der Waals surface area contributed by atoms with Crippen LogP contribution >= 0.6 is 0 Å². The van der Waals surface area contributed by atoms with Crippen LogP contribution in [-0.4, -0.2) is 42.1 Å². The molecule has 1 aliphatic rings. The smallest absolute Gasteiger partial charge is 0.328 e. The van der Waals surface area contributed by atoms with Crippen LogP contribution in [0.25, 0.3) is 10.9 Å². The van der Waals surface area contributed by atoms with Gasteiger partial charge in [-0.2, -0.15) is 0 Å². The highest BCUT2D eigenvalue weighted by Crippen LogP contribution is 2.34. The maximum Gasteiger partial charge on any atom is 0.328 e. The van der Waals surface area contributed by atoms with Gasteiger partial charge in [0, 0.05) is 66.2 Å². The molecular formula is C22H23N3O5. The molecule has 1 aliphatic carbocycles. The number of carboxylic acid groups (broad SMARTS) is 2. The number of carboxylic acids is 2. The molecule has 30 heavy (non-hydrogen) atoms. The lowest BCUT2D eigenvalue weighted by Crippen LogP contribution is -2.27. The highest BCUT2D eigenvalue weighted by atomic mass is 16.4. The zero-order valence-electron chi connectivity index (χ0n) is 16.8. The number of carbonyl (C=O) groups excluding carboxylic acids is 1. The van der Waals surface area contributed by atoms with Gasteiger partial charge in [0.1, 0.15) is 5.82 Å². The third-order valence-electron chi connectivity index (χ3n) is 5.28. The molecule has 0 aliphatic heterocycles. The molecule has 4 rings (SSSR count). The molecule has 8 heteroatoms. The standard InChI is InChI=1S/C18H19N3O.C4H4O4/c1-12-19-9-10-21(12)11-13-7-8-16-17(18(13)22)14-5-3-4-6-15(14)20(16)2;5-3(6)1-2-4(7)8/h3-6,9-10,13H,7-8,11H2,1-2H3;1-2H,(H,5,6)(H,7,8)/b;2-1-/t13-;/m0./s1. The van der Waals surface area contributed by atoms with Crippen LogP contribution in [0.1, 0.15) is 28.3 Å². The normalized spacial score (nSPS) is 15.7. The van der Waals surface area contributed by atoms with Crippen LogP contribution in [0.2, 0.25) is 0 Å². The SMILES string of the molecule is Cc1nccn1C[C@@H]1CCc2c(c3ccccc3n2C)C1=O.O=C(O)/C=C\C(=O)O. The van der Waals surface area contributed by atoms with Crippen LogP contribution in [0.4, 0.5) is 0 Å². The molecule has 2 heterocycles. The minimum Gasteiger partial charge on any atom is -0.478 e. The van der Waals surface area contributed by atoms with E-state index in [1.165, 1.54) is 5.69 Å². The van der Waals surface area contributed by atoms with Gasteiger partial charge in [0.05, 0.1) is 0 Å². The van der Waals surface area contributed by atoms with Crippen molar-refractivity contribution in [2.45, 2.75) is 26.3 Å². The Morgan fingerprint density at radius 3 is 2.47 bits per heavy atom. The first-order chi connectivity index (χ1) is 14.3. The summed E-state index contributed by atoms with van der Waals surface area (Å²) in [7, 11) is 2.06. The molecule has 0 bridgehead atoms. The number of ketones is 1. The number of hydrogen-bond acceptors (Lipinski definition) is 4. The zero-order valence-corrected chi connectivity index (χ0v) is 16.8. The topological polar surface area (TPSA) is 114 Å². The van der Waals surface area contributed by atoms with Gasteiger partial charge in [-0.25, -0.2) is 14.6 Å². The summed E-state index contributed by atoms with van der Waals surface area (Å²) in [5.41, 5.74) is 3.28. The van der Waals surface area contributed by atoms with Crippen molar-refractivity contribution < 1.29 is 24.6 Å². The van der Waals surface area contributed by atoms with Crippen molar-refractivity contribution >= 4 is 28.6 Å². The number of aromatic nitrogens is 3. The number of Topliss-reactive ketones (excluding diaryl/α,β-unsaturated/α-hetero) is 1. The van der Waals surface area contributed by atoms with Crippen molar-refractivity contribution in [1.82, 2.24) is 14.1 Å². The number of rotatable bonds is 4. The van der Waals surface area contributed by atoms with Gasteiger partial charge < -0.3 is 19.3 Å². The van der Waals surface area contributed by atoms with E-state index in [9.17, 15) is 14.4 Å². The third kappa shape index (κ3) is 4.32. The molecule has 0 saturated heterocycles. The van der Waals surface area contributed by atoms with E-state index < -0.39 is 11.9 Å². The fraction of sp³-hybridized carbons (Fsp3) is 0.273. The van der Waals surface area contributed by atoms with Crippen LogP contribution in [-0.2, 0) is 29.6 Å². The van der Waals surface area contributed by atoms with Crippen LogP contribution in [0, 0.1) is 12.8 Å². The van der Waals surface area contributed by atoms with E-state index >= 15 is 0 Å². The first-order valence-corrected chi connectivity index (χ1v) is 9.51.